The van der Waals surface area contributed by atoms with Gasteiger partial charge in [0, 0.05) is 30.7 Å². The molecule has 2 heterocycles. The van der Waals surface area contributed by atoms with Crippen LogP contribution in [-0.4, -0.2) is 34.0 Å². The van der Waals surface area contributed by atoms with Crippen LogP contribution in [0.3, 0.4) is 0 Å². The minimum atomic E-state index is -0.125. The number of benzene rings is 1. The summed E-state index contributed by atoms with van der Waals surface area (Å²) in [4.78, 5) is 31.2. The molecule has 0 aliphatic carbocycles. The monoisotopic (exact) mass is 373 g/mol. The van der Waals surface area contributed by atoms with Crippen molar-refractivity contribution in [2.75, 3.05) is 17.6 Å². The molecule has 7 heteroatoms. The summed E-state index contributed by atoms with van der Waals surface area (Å²) in [5, 5.41) is 2.80. The van der Waals surface area contributed by atoms with Gasteiger partial charge in [-0.05, 0) is 12.1 Å². The van der Waals surface area contributed by atoms with Crippen molar-refractivity contribution in [1.29, 1.82) is 0 Å². The quantitative estimate of drug-likeness (QED) is 0.813. The lowest BCUT2D eigenvalue weighted by molar-refractivity contribution is -0.129. The minimum absolute atomic E-state index is 0.0624. The summed E-state index contributed by atoms with van der Waals surface area (Å²) in [6.45, 7) is 6.71. The predicted octanol–water partition coefficient (Wildman–Crippen LogP) is 3.43. The number of anilines is 1. The number of nitrogens with one attached hydrogen (secondary N) is 1. The molecule has 0 atom stereocenters. The Morgan fingerprint density at radius 2 is 2.12 bits per heavy atom. The molecule has 0 fully saturated rings. The van der Waals surface area contributed by atoms with Crippen molar-refractivity contribution < 1.29 is 14.0 Å². The van der Waals surface area contributed by atoms with Crippen LogP contribution >= 0.6 is 11.8 Å². The molecule has 2 amide bonds. The number of para-hydroxylation sites is 1. The molecule has 0 unspecified atom stereocenters. The summed E-state index contributed by atoms with van der Waals surface area (Å²) in [6, 6.07) is 7.50. The first-order valence-corrected chi connectivity index (χ1v) is 9.68. The number of hydrogen-bond acceptors (Lipinski definition) is 5. The molecule has 6 nitrogen and oxygen atoms in total. The van der Waals surface area contributed by atoms with Gasteiger partial charge in [0.15, 0.2) is 5.89 Å². The third-order valence-electron chi connectivity index (χ3n) is 4.14. The molecule has 3 rings (SSSR count). The summed E-state index contributed by atoms with van der Waals surface area (Å²) in [5.74, 6) is 2.14. The fourth-order valence-corrected chi connectivity index (χ4v) is 3.71. The lowest BCUT2D eigenvalue weighted by Crippen LogP contribution is -2.36. The van der Waals surface area contributed by atoms with Crippen LogP contribution in [-0.2, 0) is 22.6 Å². The summed E-state index contributed by atoms with van der Waals surface area (Å²) < 4.78 is 5.78. The Morgan fingerprint density at radius 3 is 2.85 bits per heavy atom. The molecular formula is C19H23N3O3S. The smallest absolute Gasteiger partial charge is 0.233 e. The van der Waals surface area contributed by atoms with E-state index in [1.165, 1.54) is 18.7 Å². The number of aromatic nitrogens is 1. The van der Waals surface area contributed by atoms with Gasteiger partial charge in [0.05, 0.1) is 18.0 Å². The number of amides is 2. The summed E-state index contributed by atoms with van der Waals surface area (Å²) >= 11 is 1.43. The molecule has 1 aromatic carbocycles. The van der Waals surface area contributed by atoms with Crippen LogP contribution in [0.15, 0.2) is 33.6 Å². The SMILES string of the molecule is CC(=O)Nc1ccccc1SCC(=O)N1CCc2oc(C(C)C)nc2C1. The third kappa shape index (κ3) is 4.27. The van der Waals surface area contributed by atoms with Gasteiger partial charge in [-0.1, -0.05) is 26.0 Å². The predicted molar refractivity (Wildman–Crippen MR) is 101 cm³/mol. The van der Waals surface area contributed by atoms with Crippen molar-refractivity contribution in [2.24, 2.45) is 0 Å². The van der Waals surface area contributed by atoms with Crippen molar-refractivity contribution >= 4 is 29.3 Å². The molecule has 0 spiro atoms. The van der Waals surface area contributed by atoms with Gasteiger partial charge in [-0.25, -0.2) is 4.98 Å². The number of fused-ring (bicyclic) bond motifs is 1. The van der Waals surface area contributed by atoms with Crippen LogP contribution in [0.5, 0.6) is 0 Å². The number of hydrogen-bond donors (Lipinski definition) is 1. The topological polar surface area (TPSA) is 75.4 Å². The second-order valence-corrected chi connectivity index (χ2v) is 7.63. The van der Waals surface area contributed by atoms with Gasteiger partial charge in [0.1, 0.15) is 11.5 Å². The standard InChI is InChI=1S/C19H23N3O3S/c1-12(2)19-21-15-10-22(9-8-16(15)25-19)18(24)11-26-17-7-5-4-6-14(17)20-13(3)23/h4-7,12H,8-11H2,1-3H3,(H,20,23). The van der Waals surface area contributed by atoms with Crippen LogP contribution in [0.2, 0.25) is 0 Å². The highest BCUT2D eigenvalue weighted by molar-refractivity contribution is 8.00. The van der Waals surface area contributed by atoms with E-state index in [-0.39, 0.29) is 17.7 Å². The maximum Gasteiger partial charge on any atom is 0.233 e. The van der Waals surface area contributed by atoms with Crippen LogP contribution in [0, 0.1) is 0 Å². The first-order chi connectivity index (χ1) is 12.4. The van der Waals surface area contributed by atoms with E-state index >= 15 is 0 Å². The van der Waals surface area contributed by atoms with Gasteiger partial charge in [-0.3, -0.25) is 9.59 Å². The molecule has 1 aliphatic heterocycles. The van der Waals surface area contributed by atoms with Gasteiger partial charge >= 0.3 is 0 Å². The van der Waals surface area contributed by atoms with Gasteiger partial charge in [-0.2, -0.15) is 0 Å². The molecule has 1 aliphatic rings. The van der Waals surface area contributed by atoms with E-state index in [1.54, 1.807) is 0 Å². The highest BCUT2D eigenvalue weighted by Crippen LogP contribution is 2.28. The summed E-state index contributed by atoms with van der Waals surface area (Å²) in [6.07, 6.45) is 0.702. The zero-order chi connectivity index (χ0) is 18.7. The Hall–Kier alpha value is -2.28. The van der Waals surface area contributed by atoms with Crippen molar-refractivity contribution in [3.05, 3.63) is 41.6 Å². The second-order valence-electron chi connectivity index (χ2n) is 6.61. The lowest BCUT2D eigenvalue weighted by atomic mass is 10.1. The summed E-state index contributed by atoms with van der Waals surface area (Å²) in [7, 11) is 0. The van der Waals surface area contributed by atoms with Crippen LogP contribution < -0.4 is 5.32 Å². The maximum atomic E-state index is 12.6. The van der Waals surface area contributed by atoms with Gasteiger partial charge in [0.2, 0.25) is 11.8 Å². The van der Waals surface area contributed by atoms with Crippen molar-refractivity contribution in [1.82, 2.24) is 9.88 Å². The van der Waals surface area contributed by atoms with Crippen molar-refractivity contribution in [2.45, 2.75) is 44.6 Å². The van der Waals surface area contributed by atoms with E-state index < -0.39 is 0 Å². The van der Waals surface area contributed by atoms with Crippen molar-refractivity contribution in [3.63, 3.8) is 0 Å². The van der Waals surface area contributed by atoms with Crippen LogP contribution in [0.4, 0.5) is 5.69 Å². The molecule has 1 aromatic heterocycles. The number of oxazole rings is 1. The largest absolute Gasteiger partial charge is 0.445 e. The number of nitrogens with zero attached hydrogens (tertiary/aromatic N) is 2. The van der Waals surface area contributed by atoms with E-state index in [0.29, 0.717) is 25.3 Å². The first-order valence-electron chi connectivity index (χ1n) is 8.69. The Labute approximate surface area is 157 Å². The van der Waals surface area contributed by atoms with Gasteiger partial charge < -0.3 is 14.6 Å². The molecule has 0 bridgehead atoms. The number of carbonyl (C=O) groups is 2. The third-order valence-corrected chi connectivity index (χ3v) is 5.20. The Bertz CT molecular complexity index is 816. The second kappa shape index (κ2) is 7.95. The zero-order valence-electron chi connectivity index (χ0n) is 15.2. The highest BCUT2D eigenvalue weighted by Gasteiger charge is 2.26. The number of carbonyl (C=O) groups excluding carboxylic acids is 2. The van der Waals surface area contributed by atoms with Crippen molar-refractivity contribution in [3.8, 4) is 0 Å². The molecule has 1 N–H and O–H groups in total. The van der Waals surface area contributed by atoms with Crippen LogP contribution in [0.25, 0.3) is 0 Å². The minimum Gasteiger partial charge on any atom is -0.445 e. The van der Waals surface area contributed by atoms with E-state index in [9.17, 15) is 9.59 Å². The lowest BCUT2D eigenvalue weighted by Gasteiger charge is -2.25. The summed E-state index contributed by atoms with van der Waals surface area (Å²) in [5.41, 5.74) is 1.61. The maximum absolute atomic E-state index is 12.6. The van der Waals surface area contributed by atoms with Gasteiger partial charge in [0.25, 0.3) is 0 Å². The fraction of sp³-hybridized carbons (Fsp3) is 0.421. The van der Waals surface area contributed by atoms with E-state index in [1.807, 2.05) is 43.0 Å². The average molecular weight is 373 g/mol. The Balaban J connectivity index is 1.62. The Kier molecular flexibility index (Phi) is 5.66. The molecule has 0 radical (unpaired) electrons. The molecule has 0 saturated heterocycles. The van der Waals surface area contributed by atoms with E-state index in [4.69, 9.17) is 4.42 Å². The van der Waals surface area contributed by atoms with Crippen LogP contribution in [0.1, 0.15) is 44.0 Å². The Morgan fingerprint density at radius 1 is 1.35 bits per heavy atom. The van der Waals surface area contributed by atoms with E-state index in [0.717, 1.165) is 27.9 Å². The van der Waals surface area contributed by atoms with E-state index in [2.05, 4.69) is 10.3 Å². The molecule has 2 aromatic rings. The van der Waals surface area contributed by atoms with Gasteiger partial charge in [-0.15, -0.1) is 11.8 Å². The molecule has 138 valence electrons. The number of rotatable bonds is 5. The highest BCUT2D eigenvalue weighted by atomic mass is 32.2. The molecular weight excluding hydrogens is 350 g/mol. The normalized spacial score (nSPS) is 13.6. The number of thioether (sulfide) groups is 1. The zero-order valence-corrected chi connectivity index (χ0v) is 16.1. The first kappa shape index (κ1) is 18.5. The average Bonchev–Trinajstić information content (AvgIpc) is 3.04. The fourth-order valence-electron chi connectivity index (χ4n) is 2.79. The molecule has 0 saturated carbocycles. The molecule has 26 heavy (non-hydrogen) atoms.